The summed E-state index contributed by atoms with van der Waals surface area (Å²) in [4.78, 5) is 38.0. The van der Waals surface area contributed by atoms with E-state index < -0.39 is 6.10 Å². The summed E-state index contributed by atoms with van der Waals surface area (Å²) in [6, 6.07) is 5.04. The van der Waals surface area contributed by atoms with Crippen molar-refractivity contribution in [1.29, 1.82) is 0 Å². The Bertz CT molecular complexity index is 642. The molecule has 0 saturated carbocycles. The first-order valence-corrected chi connectivity index (χ1v) is 8.39. The van der Waals surface area contributed by atoms with Gasteiger partial charge < -0.3 is 10.1 Å². The van der Waals surface area contributed by atoms with Gasteiger partial charge in [-0.1, -0.05) is 13.8 Å². The van der Waals surface area contributed by atoms with Crippen molar-refractivity contribution in [2.45, 2.75) is 46.1 Å². The van der Waals surface area contributed by atoms with Crippen LogP contribution in [0.15, 0.2) is 18.2 Å². The summed E-state index contributed by atoms with van der Waals surface area (Å²) in [6.07, 6.45) is 1.37. The molecule has 6 nitrogen and oxygen atoms in total. The molecule has 1 aromatic carbocycles. The Hall–Kier alpha value is -2.37. The third-order valence-electron chi connectivity index (χ3n) is 3.84. The first-order chi connectivity index (χ1) is 11.5. The number of amides is 2. The van der Waals surface area contributed by atoms with Gasteiger partial charge >= 0.3 is 0 Å². The zero-order valence-electron chi connectivity index (χ0n) is 14.4. The van der Waals surface area contributed by atoms with Crippen LogP contribution in [0.25, 0.3) is 0 Å². The Morgan fingerprint density at radius 3 is 2.67 bits per heavy atom. The minimum absolute atomic E-state index is 0.0155. The number of ether oxygens (including phenoxy) is 1. The average molecular weight is 332 g/mol. The molecule has 0 fully saturated rings. The lowest BCUT2D eigenvalue weighted by Gasteiger charge is -2.32. The fraction of sp³-hybridized carbons (Fsp3) is 0.500. The fourth-order valence-corrected chi connectivity index (χ4v) is 2.58. The molecule has 0 aromatic heterocycles. The predicted molar refractivity (Wildman–Crippen MR) is 91.4 cm³/mol. The van der Waals surface area contributed by atoms with E-state index in [-0.39, 0.29) is 24.1 Å². The molecule has 0 radical (unpaired) electrons. The molecule has 0 bridgehead atoms. The molecule has 0 aliphatic carbocycles. The third-order valence-corrected chi connectivity index (χ3v) is 3.84. The van der Waals surface area contributed by atoms with E-state index in [1.807, 2.05) is 13.8 Å². The molecule has 1 heterocycles. The summed E-state index contributed by atoms with van der Waals surface area (Å²) in [5.74, 6) is 0.0185. The van der Waals surface area contributed by atoms with Crippen LogP contribution in [-0.2, 0) is 9.59 Å². The van der Waals surface area contributed by atoms with E-state index in [4.69, 9.17) is 4.74 Å². The topological polar surface area (TPSA) is 75.7 Å². The van der Waals surface area contributed by atoms with Crippen molar-refractivity contribution in [2.75, 3.05) is 18.0 Å². The largest absolute Gasteiger partial charge is 0.479 e. The van der Waals surface area contributed by atoms with Gasteiger partial charge in [0.2, 0.25) is 5.91 Å². The number of benzene rings is 1. The molecule has 130 valence electrons. The highest BCUT2D eigenvalue weighted by Crippen LogP contribution is 2.35. The van der Waals surface area contributed by atoms with E-state index in [2.05, 4.69) is 5.32 Å². The molecular formula is C18H24N2O4. The molecular weight excluding hydrogens is 308 g/mol. The van der Waals surface area contributed by atoms with Crippen LogP contribution in [0.1, 0.15) is 50.4 Å². The summed E-state index contributed by atoms with van der Waals surface area (Å²) < 4.78 is 5.60. The van der Waals surface area contributed by atoms with E-state index in [1.165, 1.54) is 4.90 Å². The van der Waals surface area contributed by atoms with Gasteiger partial charge in [-0.05, 0) is 38.0 Å². The summed E-state index contributed by atoms with van der Waals surface area (Å²) in [5.41, 5.74) is 1.01. The Labute approximate surface area is 142 Å². The number of nitrogens with zero attached hydrogens (tertiary/aromatic N) is 1. The van der Waals surface area contributed by atoms with Crippen molar-refractivity contribution >= 4 is 23.3 Å². The van der Waals surface area contributed by atoms with Gasteiger partial charge in [-0.3, -0.25) is 19.3 Å². The molecule has 2 rings (SSSR count). The van der Waals surface area contributed by atoms with Crippen LogP contribution in [0.5, 0.6) is 5.75 Å². The van der Waals surface area contributed by atoms with Gasteiger partial charge in [0.25, 0.3) is 5.91 Å². The molecule has 1 unspecified atom stereocenters. The number of fused-ring (bicyclic) bond motifs is 1. The maximum atomic E-state index is 12.4. The lowest BCUT2D eigenvalue weighted by Crippen LogP contribution is -2.49. The second kappa shape index (κ2) is 7.95. The highest BCUT2D eigenvalue weighted by Gasteiger charge is 2.33. The number of ketones is 1. The molecule has 1 atom stereocenters. The van der Waals surface area contributed by atoms with Crippen molar-refractivity contribution in [3.63, 3.8) is 0 Å². The summed E-state index contributed by atoms with van der Waals surface area (Å²) in [5, 5.41) is 2.76. The number of Topliss-reactive ketones (excluding diaryl/α,β-unsaturated/α-hetero) is 1. The van der Waals surface area contributed by atoms with Crippen LogP contribution in [0, 0.1) is 0 Å². The van der Waals surface area contributed by atoms with Gasteiger partial charge in [0.15, 0.2) is 11.9 Å². The van der Waals surface area contributed by atoms with E-state index >= 15 is 0 Å². The van der Waals surface area contributed by atoms with Crippen molar-refractivity contribution in [1.82, 2.24) is 5.32 Å². The number of nitrogens with one attached hydrogen (secondary N) is 1. The van der Waals surface area contributed by atoms with Crippen LogP contribution >= 0.6 is 0 Å². The van der Waals surface area contributed by atoms with Gasteiger partial charge in [0.05, 0.1) is 5.69 Å². The maximum Gasteiger partial charge on any atom is 0.268 e. The van der Waals surface area contributed by atoms with Crippen molar-refractivity contribution in [2.24, 2.45) is 0 Å². The smallest absolute Gasteiger partial charge is 0.268 e. The molecule has 1 N–H and O–H groups in total. The molecule has 2 amide bonds. The standard InChI is InChI=1S/C18H24N2O4/c1-4-6-15(21)13-7-8-16-14(10-13)20(18(23)12(3)24-16)11-17(22)19-9-5-2/h7-8,10,12H,4-6,9,11H2,1-3H3,(H,19,22). The van der Waals surface area contributed by atoms with Gasteiger partial charge in [-0.15, -0.1) is 0 Å². The maximum absolute atomic E-state index is 12.4. The second-order valence-corrected chi connectivity index (χ2v) is 5.89. The van der Waals surface area contributed by atoms with E-state index in [9.17, 15) is 14.4 Å². The Morgan fingerprint density at radius 1 is 1.25 bits per heavy atom. The summed E-state index contributed by atoms with van der Waals surface area (Å²) in [7, 11) is 0. The molecule has 1 aliphatic heterocycles. The van der Waals surface area contributed by atoms with E-state index in [0.717, 1.165) is 12.8 Å². The molecule has 1 aliphatic rings. The van der Waals surface area contributed by atoms with Gasteiger partial charge in [0.1, 0.15) is 12.3 Å². The lowest BCUT2D eigenvalue weighted by atomic mass is 10.0. The minimum Gasteiger partial charge on any atom is -0.479 e. The average Bonchev–Trinajstić information content (AvgIpc) is 2.57. The minimum atomic E-state index is -0.659. The number of carbonyl (C=O) groups excluding carboxylic acids is 3. The highest BCUT2D eigenvalue weighted by molar-refractivity contribution is 6.05. The van der Waals surface area contributed by atoms with Crippen LogP contribution < -0.4 is 15.0 Å². The molecule has 0 saturated heterocycles. The van der Waals surface area contributed by atoms with Crippen LogP contribution in [0.4, 0.5) is 5.69 Å². The van der Waals surface area contributed by atoms with Crippen molar-refractivity contribution < 1.29 is 19.1 Å². The third kappa shape index (κ3) is 3.93. The molecule has 1 aromatic rings. The monoisotopic (exact) mass is 332 g/mol. The SMILES string of the molecule is CCCNC(=O)CN1C(=O)C(C)Oc2ccc(C(=O)CCC)cc21. The summed E-state index contributed by atoms with van der Waals surface area (Å²) in [6.45, 7) is 6.04. The van der Waals surface area contributed by atoms with Crippen molar-refractivity contribution in [3.05, 3.63) is 23.8 Å². The van der Waals surface area contributed by atoms with Gasteiger partial charge in [0, 0.05) is 18.5 Å². The number of hydrogen-bond acceptors (Lipinski definition) is 4. The zero-order valence-corrected chi connectivity index (χ0v) is 14.4. The molecule has 0 spiro atoms. The Kier molecular flexibility index (Phi) is 5.95. The van der Waals surface area contributed by atoms with Gasteiger partial charge in [-0.25, -0.2) is 0 Å². The number of anilines is 1. The molecule has 6 heteroatoms. The second-order valence-electron chi connectivity index (χ2n) is 5.89. The summed E-state index contributed by atoms with van der Waals surface area (Å²) >= 11 is 0. The highest BCUT2D eigenvalue weighted by atomic mass is 16.5. The van der Waals surface area contributed by atoms with Crippen LogP contribution in [0.3, 0.4) is 0 Å². The zero-order chi connectivity index (χ0) is 17.7. The molecule has 24 heavy (non-hydrogen) atoms. The first kappa shape index (κ1) is 18.0. The fourth-order valence-electron chi connectivity index (χ4n) is 2.58. The van der Waals surface area contributed by atoms with Crippen molar-refractivity contribution in [3.8, 4) is 5.75 Å². The quantitative estimate of drug-likeness (QED) is 0.778. The number of carbonyl (C=O) groups is 3. The first-order valence-electron chi connectivity index (χ1n) is 8.39. The van der Waals surface area contributed by atoms with E-state index in [0.29, 0.717) is 30.0 Å². The Balaban J connectivity index is 2.30. The Morgan fingerprint density at radius 2 is 2.00 bits per heavy atom. The van der Waals surface area contributed by atoms with Crippen LogP contribution in [-0.4, -0.2) is 36.8 Å². The number of hydrogen-bond donors (Lipinski definition) is 1. The van der Waals surface area contributed by atoms with E-state index in [1.54, 1.807) is 25.1 Å². The number of rotatable bonds is 7. The predicted octanol–water partition coefficient (Wildman–Crippen LogP) is 2.31. The normalized spacial score (nSPS) is 16.4. The lowest BCUT2D eigenvalue weighted by molar-refractivity contribution is -0.128. The van der Waals surface area contributed by atoms with Crippen LogP contribution in [0.2, 0.25) is 0 Å². The van der Waals surface area contributed by atoms with Gasteiger partial charge in [-0.2, -0.15) is 0 Å².